The molecular weight excluding hydrogens is 839 g/mol. The van der Waals surface area contributed by atoms with Gasteiger partial charge in [-0.15, -0.1) is 0 Å². The summed E-state index contributed by atoms with van der Waals surface area (Å²) in [7, 11) is -4.12. The number of carbonyl (C=O) groups excluding carboxylic acids is 4. The molecule has 62 heavy (non-hydrogen) atoms. The van der Waals surface area contributed by atoms with E-state index in [-0.39, 0.29) is 21.5 Å². The number of hydrogen-bond acceptors (Lipinski definition) is 13. The van der Waals surface area contributed by atoms with Gasteiger partial charge < -0.3 is 48.9 Å². The zero-order chi connectivity index (χ0) is 45.7. The van der Waals surface area contributed by atoms with Crippen LogP contribution in [-0.2, 0) is 57.3 Å². The number of H-pyrrole nitrogens is 1. The third-order valence-electron chi connectivity index (χ3n) is 13.5. The summed E-state index contributed by atoms with van der Waals surface area (Å²) in [5.74, 6) is -4.44. The van der Waals surface area contributed by atoms with Gasteiger partial charge in [-0.25, -0.2) is 4.79 Å². The Hall–Kier alpha value is -4.03. The first-order chi connectivity index (χ1) is 28.8. The summed E-state index contributed by atoms with van der Waals surface area (Å²) in [6.07, 6.45) is -7.82. The standard InChI is InChI=1S/C42H63N5O13Si2/c1-40(2,3)61(8,9)59-27-26-36(51)56-32(27)37(58-42(26,23-17-13-12-14-18-23)38(52)45-24-19-15-16-21-44-34(24)50)57-30(33(43)49)29-28(54-7)31(60-62(10,11)41(4,5)6)35(55-29)47-22-20-25(48)46-39(47)53/h12-14,17-18,20,22,24,26-32,35,37H,15-16,19,21H2,1-11H3,(H2,43,49)(H,44,50)(H,45,52)(H,46,48,53)/t24-,26-,27?,28+,29-,30-,31+,32-,35+,37-,42+/m0/s1. The Morgan fingerprint density at radius 1 is 0.919 bits per heavy atom. The Kier molecular flexibility index (Phi) is 13.4. The number of benzene rings is 1. The number of nitrogens with one attached hydrogen (secondary N) is 3. The minimum Gasteiger partial charge on any atom is -0.454 e. The molecule has 4 saturated heterocycles. The number of ether oxygens (including phenoxy) is 5. The topological polar surface area (TPSA) is 238 Å². The molecule has 4 fully saturated rings. The van der Waals surface area contributed by atoms with Gasteiger partial charge in [0.2, 0.25) is 11.8 Å². The lowest BCUT2D eigenvalue weighted by molar-refractivity contribution is -0.301. The Morgan fingerprint density at radius 2 is 1.55 bits per heavy atom. The lowest BCUT2D eigenvalue weighted by Gasteiger charge is -2.49. The van der Waals surface area contributed by atoms with Crippen LogP contribution >= 0.6 is 0 Å². The predicted octanol–water partition coefficient (Wildman–Crippen LogP) is 2.68. The number of aromatic nitrogens is 2. The van der Waals surface area contributed by atoms with Crippen molar-refractivity contribution >= 4 is 40.3 Å². The summed E-state index contributed by atoms with van der Waals surface area (Å²) in [5.41, 5.74) is 2.76. The zero-order valence-electron chi connectivity index (χ0n) is 37.5. The summed E-state index contributed by atoms with van der Waals surface area (Å²) >= 11 is 0. The number of esters is 1. The van der Waals surface area contributed by atoms with Crippen LogP contribution in [0.3, 0.4) is 0 Å². The molecule has 0 aliphatic carbocycles. The molecule has 3 amide bonds. The van der Waals surface area contributed by atoms with Gasteiger partial charge in [0, 0.05) is 25.9 Å². The molecule has 2 aromatic rings. The highest BCUT2D eigenvalue weighted by molar-refractivity contribution is 6.74. The van der Waals surface area contributed by atoms with Gasteiger partial charge >= 0.3 is 11.7 Å². The van der Waals surface area contributed by atoms with Crippen molar-refractivity contribution in [3.8, 4) is 0 Å². The van der Waals surface area contributed by atoms with Crippen LogP contribution in [0.15, 0.2) is 52.2 Å². The van der Waals surface area contributed by atoms with E-state index in [1.54, 1.807) is 30.3 Å². The first-order valence-electron chi connectivity index (χ1n) is 21.2. The van der Waals surface area contributed by atoms with Gasteiger partial charge in [-0.1, -0.05) is 71.9 Å². The van der Waals surface area contributed by atoms with Crippen LogP contribution in [0.25, 0.3) is 0 Å². The number of fused-ring (bicyclic) bond motifs is 2. The average molecular weight is 902 g/mol. The molecule has 1 aromatic carbocycles. The number of rotatable bonds is 13. The Bertz CT molecular complexity index is 2120. The Balaban J connectivity index is 1.49. The van der Waals surface area contributed by atoms with Gasteiger partial charge in [-0.3, -0.25) is 33.5 Å². The van der Waals surface area contributed by atoms with Gasteiger partial charge in [0.25, 0.3) is 11.5 Å². The molecule has 4 aliphatic rings. The fraction of sp³-hybridized carbons (Fsp3) is 0.667. The molecule has 0 radical (unpaired) electrons. The highest BCUT2D eigenvalue weighted by atomic mass is 28.4. The molecule has 0 spiro atoms. The Morgan fingerprint density at radius 3 is 2.13 bits per heavy atom. The van der Waals surface area contributed by atoms with Gasteiger partial charge in [0.05, 0.1) is 0 Å². The van der Waals surface area contributed by atoms with E-state index < -0.39 is 112 Å². The zero-order valence-corrected chi connectivity index (χ0v) is 39.5. The van der Waals surface area contributed by atoms with Gasteiger partial charge in [0.1, 0.15) is 36.4 Å². The van der Waals surface area contributed by atoms with Crippen molar-refractivity contribution in [1.29, 1.82) is 0 Å². The van der Waals surface area contributed by atoms with Gasteiger partial charge in [0.15, 0.2) is 47.0 Å². The van der Waals surface area contributed by atoms with Crippen LogP contribution in [-0.4, -0.2) is 112 Å². The summed E-state index contributed by atoms with van der Waals surface area (Å²) in [5, 5.41) is 5.01. The molecule has 5 N–H and O–H groups in total. The second-order valence-electron chi connectivity index (χ2n) is 19.6. The second-order valence-corrected chi connectivity index (χ2v) is 29.1. The number of nitrogens with two attached hydrogens (primary N) is 1. The second kappa shape index (κ2) is 17.5. The summed E-state index contributed by atoms with van der Waals surface area (Å²) in [4.78, 5) is 84.5. The maximum absolute atomic E-state index is 15.2. The van der Waals surface area contributed by atoms with Crippen LogP contribution < -0.4 is 27.6 Å². The van der Waals surface area contributed by atoms with Crippen molar-refractivity contribution < 1.29 is 51.7 Å². The normalized spacial score (nSPS) is 31.2. The lowest BCUT2D eigenvalue weighted by Crippen LogP contribution is -2.67. The number of methoxy groups -OCH3 is 1. The van der Waals surface area contributed by atoms with Crippen LogP contribution in [0.1, 0.15) is 72.6 Å². The third kappa shape index (κ3) is 8.89. The van der Waals surface area contributed by atoms with E-state index in [0.717, 1.165) is 10.6 Å². The van der Waals surface area contributed by atoms with Crippen molar-refractivity contribution in [2.45, 2.75) is 158 Å². The Labute approximate surface area is 363 Å². The third-order valence-corrected chi connectivity index (χ3v) is 22.5. The molecule has 2 bridgehead atoms. The van der Waals surface area contributed by atoms with E-state index in [4.69, 9.17) is 38.3 Å². The van der Waals surface area contributed by atoms with E-state index in [9.17, 15) is 24.0 Å². The monoisotopic (exact) mass is 901 g/mol. The minimum absolute atomic E-state index is 0.245. The molecule has 1 unspecified atom stereocenters. The number of primary amides is 1. The quantitative estimate of drug-likeness (QED) is 0.167. The first kappa shape index (κ1) is 47.5. The first-order valence-corrected chi connectivity index (χ1v) is 27.0. The largest absolute Gasteiger partial charge is 0.454 e. The van der Waals surface area contributed by atoms with Crippen LogP contribution in [0.5, 0.6) is 0 Å². The van der Waals surface area contributed by atoms with Crippen molar-refractivity contribution in [2.24, 2.45) is 11.7 Å². The van der Waals surface area contributed by atoms with E-state index in [1.165, 1.54) is 13.3 Å². The molecule has 11 atom stereocenters. The van der Waals surface area contributed by atoms with E-state index in [2.05, 4.69) is 15.6 Å². The van der Waals surface area contributed by atoms with Gasteiger partial charge in [-0.2, -0.15) is 0 Å². The molecule has 1 aromatic heterocycles. The lowest BCUT2D eigenvalue weighted by atomic mass is 9.74. The molecule has 5 heterocycles. The molecule has 4 aliphatic heterocycles. The van der Waals surface area contributed by atoms with Crippen molar-refractivity contribution in [1.82, 2.24) is 20.2 Å². The average Bonchev–Trinajstić information content (AvgIpc) is 3.54. The molecule has 6 rings (SSSR count). The highest BCUT2D eigenvalue weighted by Gasteiger charge is 2.71. The highest BCUT2D eigenvalue weighted by Crippen LogP contribution is 2.53. The van der Waals surface area contributed by atoms with Crippen molar-refractivity contribution in [2.75, 3.05) is 13.7 Å². The summed E-state index contributed by atoms with van der Waals surface area (Å²) < 4.78 is 47.2. The SMILES string of the molecule is CO[C@H]1[C@@H](O[Si](C)(C)C(C)(C)C)[C@H](n2ccc(=O)[nH]c2=O)O[C@@H]1[C@H](O[C@H]1O[C@](C(=O)N[C@H]2CCCCNC2=O)(c2ccccc2)[C@@H]2C(=O)O[C@H]1C2O[Si](C)(C)C(C)(C)C)C(N)=O. The number of hydrogen-bond donors (Lipinski definition) is 4. The molecule has 20 heteroatoms. The fourth-order valence-electron chi connectivity index (χ4n) is 8.01. The van der Waals surface area contributed by atoms with Crippen molar-refractivity contribution in [3.63, 3.8) is 0 Å². The number of carbonyl (C=O) groups is 4. The van der Waals surface area contributed by atoms with Gasteiger partial charge in [-0.05, 0) is 61.1 Å². The minimum atomic E-state index is -2.81. The summed E-state index contributed by atoms with van der Waals surface area (Å²) in [6.45, 7) is 20.6. The summed E-state index contributed by atoms with van der Waals surface area (Å²) in [6, 6.07) is 8.55. The molecule has 18 nitrogen and oxygen atoms in total. The molecule has 342 valence electrons. The van der Waals surface area contributed by atoms with Crippen LogP contribution in [0.4, 0.5) is 0 Å². The smallest absolute Gasteiger partial charge is 0.330 e. The maximum atomic E-state index is 15.2. The van der Waals surface area contributed by atoms with Crippen molar-refractivity contribution in [3.05, 3.63) is 69.0 Å². The van der Waals surface area contributed by atoms with Crippen LogP contribution in [0, 0.1) is 5.92 Å². The van der Waals surface area contributed by atoms with E-state index in [0.29, 0.717) is 25.8 Å². The van der Waals surface area contributed by atoms with E-state index >= 15 is 4.79 Å². The maximum Gasteiger partial charge on any atom is 0.330 e. The predicted molar refractivity (Wildman–Crippen MR) is 229 cm³/mol. The number of nitrogens with zero attached hydrogens (tertiary/aromatic N) is 1. The number of aromatic amines is 1. The van der Waals surface area contributed by atoms with E-state index in [1.807, 2.05) is 67.7 Å². The molecule has 0 saturated carbocycles. The fourth-order valence-corrected chi connectivity index (χ4v) is 10.6. The van der Waals surface area contributed by atoms with Crippen LogP contribution in [0.2, 0.25) is 36.3 Å². The number of amides is 3. The molecular formula is C42H63N5O13Si2.